The van der Waals surface area contributed by atoms with Crippen LogP contribution in [0.1, 0.15) is 10.4 Å². The van der Waals surface area contributed by atoms with Crippen molar-refractivity contribution in [1.29, 1.82) is 0 Å². The molecular weight excluding hydrogens is 176 g/mol. The van der Waals surface area contributed by atoms with Gasteiger partial charge in [0, 0.05) is 0 Å². The summed E-state index contributed by atoms with van der Waals surface area (Å²) in [5.41, 5.74) is 0.527. The summed E-state index contributed by atoms with van der Waals surface area (Å²) in [5.74, 6) is -0.407. The van der Waals surface area contributed by atoms with E-state index in [0.29, 0.717) is 5.56 Å². The van der Waals surface area contributed by atoms with E-state index < -0.39 is 5.97 Å². The molecule has 69 valence electrons. The van der Waals surface area contributed by atoms with Crippen LogP contribution in [-0.2, 0) is 4.74 Å². The Bertz CT molecular complexity index is 474. The van der Waals surface area contributed by atoms with Crippen molar-refractivity contribution in [2.45, 2.75) is 0 Å². The van der Waals surface area contributed by atoms with Gasteiger partial charge in [-0.25, -0.2) is 4.79 Å². The zero-order valence-electron chi connectivity index (χ0n) is 7.57. The summed E-state index contributed by atoms with van der Waals surface area (Å²) in [5, 5.41) is 2.13. The van der Waals surface area contributed by atoms with E-state index in [4.69, 9.17) is 0 Å². The van der Waals surface area contributed by atoms with Crippen LogP contribution < -0.4 is 0 Å². The smallest absolute Gasteiger partial charge is 0.338 e. The second-order valence-electron chi connectivity index (χ2n) is 2.99. The standard InChI is InChI=1S/C12H9O2/c1-14-12(13)11-7-6-9-4-2-3-5-10(9)8-11/h2-8H,1H2. The highest BCUT2D eigenvalue weighted by molar-refractivity contribution is 5.95. The maximum Gasteiger partial charge on any atom is 0.338 e. The molecule has 0 saturated carbocycles. The van der Waals surface area contributed by atoms with Crippen LogP contribution >= 0.6 is 0 Å². The van der Waals surface area contributed by atoms with Gasteiger partial charge in [0.1, 0.15) is 7.11 Å². The number of carbonyl (C=O) groups excluding carboxylic acids is 1. The molecule has 2 aromatic carbocycles. The zero-order chi connectivity index (χ0) is 9.97. The van der Waals surface area contributed by atoms with E-state index in [0.717, 1.165) is 10.8 Å². The van der Waals surface area contributed by atoms with Crippen molar-refractivity contribution in [3.63, 3.8) is 0 Å². The van der Waals surface area contributed by atoms with Gasteiger partial charge in [0.2, 0.25) is 0 Å². The van der Waals surface area contributed by atoms with Crippen LogP contribution in [-0.4, -0.2) is 5.97 Å². The van der Waals surface area contributed by atoms with Crippen LogP contribution in [0.5, 0.6) is 0 Å². The summed E-state index contributed by atoms with van der Waals surface area (Å²) in [6.45, 7) is 0. The van der Waals surface area contributed by atoms with Gasteiger partial charge in [0.05, 0.1) is 5.56 Å². The third-order valence-corrected chi connectivity index (χ3v) is 2.12. The summed E-state index contributed by atoms with van der Waals surface area (Å²) in [7, 11) is 3.09. The lowest BCUT2D eigenvalue weighted by Crippen LogP contribution is -1.98. The first-order chi connectivity index (χ1) is 6.81. The van der Waals surface area contributed by atoms with Gasteiger partial charge in [-0.2, -0.15) is 0 Å². The summed E-state index contributed by atoms with van der Waals surface area (Å²) in [4.78, 5) is 11.2. The number of fused-ring (bicyclic) bond motifs is 1. The highest BCUT2D eigenvalue weighted by Crippen LogP contribution is 2.15. The lowest BCUT2D eigenvalue weighted by molar-refractivity contribution is 0.0654. The Morgan fingerprint density at radius 1 is 1.07 bits per heavy atom. The fourth-order valence-electron chi connectivity index (χ4n) is 1.40. The normalized spacial score (nSPS) is 10.1. The van der Waals surface area contributed by atoms with Crippen molar-refractivity contribution in [3.8, 4) is 0 Å². The SMILES string of the molecule is [CH2]OC(=O)c1ccc2ccccc2c1. The molecule has 0 amide bonds. The molecule has 0 spiro atoms. The highest BCUT2D eigenvalue weighted by atomic mass is 16.5. The molecule has 1 radical (unpaired) electrons. The molecule has 0 saturated heterocycles. The monoisotopic (exact) mass is 185 g/mol. The van der Waals surface area contributed by atoms with Gasteiger partial charge < -0.3 is 4.74 Å². The number of benzene rings is 2. The van der Waals surface area contributed by atoms with Gasteiger partial charge in [-0.05, 0) is 22.9 Å². The Kier molecular flexibility index (Phi) is 2.19. The van der Waals surface area contributed by atoms with Crippen LogP contribution in [0.3, 0.4) is 0 Å². The van der Waals surface area contributed by atoms with Crippen molar-refractivity contribution in [2.75, 3.05) is 0 Å². The molecule has 0 heterocycles. The minimum atomic E-state index is -0.407. The number of rotatable bonds is 1. The van der Waals surface area contributed by atoms with Crippen molar-refractivity contribution < 1.29 is 9.53 Å². The van der Waals surface area contributed by atoms with E-state index in [-0.39, 0.29) is 0 Å². The molecular formula is C12H9O2. The minimum Gasteiger partial charge on any atom is -0.458 e. The lowest BCUT2D eigenvalue weighted by Gasteiger charge is -2.00. The Morgan fingerprint density at radius 2 is 1.79 bits per heavy atom. The van der Waals surface area contributed by atoms with Crippen molar-refractivity contribution >= 4 is 16.7 Å². The van der Waals surface area contributed by atoms with Gasteiger partial charge in [0.25, 0.3) is 0 Å². The fourth-order valence-corrected chi connectivity index (χ4v) is 1.40. The predicted octanol–water partition coefficient (Wildman–Crippen LogP) is 2.79. The molecule has 2 aromatic rings. The largest absolute Gasteiger partial charge is 0.458 e. The highest BCUT2D eigenvalue weighted by Gasteiger charge is 2.04. The average molecular weight is 185 g/mol. The van der Waals surface area contributed by atoms with Crippen LogP contribution in [0, 0.1) is 7.11 Å². The first-order valence-corrected chi connectivity index (χ1v) is 4.26. The molecule has 2 nitrogen and oxygen atoms in total. The van der Waals surface area contributed by atoms with Crippen LogP contribution in [0.15, 0.2) is 42.5 Å². The second-order valence-corrected chi connectivity index (χ2v) is 2.99. The Hall–Kier alpha value is -1.83. The zero-order valence-corrected chi connectivity index (χ0v) is 7.57. The Balaban J connectivity index is 2.56. The van der Waals surface area contributed by atoms with Crippen LogP contribution in [0.2, 0.25) is 0 Å². The van der Waals surface area contributed by atoms with Gasteiger partial charge in [0.15, 0.2) is 0 Å². The van der Waals surface area contributed by atoms with E-state index in [1.54, 1.807) is 12.1 Å². The quantitative estimate of drug-likeness (QED) is 0.638. The van der Waals surface area contributed by atoms with Gasteiger partial charge >= 0.3 is 5.97 Å². The molecule has 0 aliphatic rings. The number of hydrogen-bond donors (Lipinski definition) is 0. The van der Waals surface area contributed by atoms with Gasteiger partial charge in [-0.3, -0.25) is 0 Å². The summed E-state index contributed by atoms with van der Waals surface area (Å²) in [6, 6.07) is 13.3. The van der Waals surface area contributed by atoms with E-state index >= 15 is 0 Å². The molecule has 2 rings (SSSR count). The Labute approximate surface area is 82.1 Å². The summed E-state index contributed by atoms with van der Waals surface area (Å²) in [6.07, 6.45) is 0. The third kappa shape index (κ3) is 1.46. The number of carbonyl (C=O) groups is 1. The topological polar surface area (TPSA) is 26.3 Å². The summed E-state index contributed by atoms with van der Waals surface area (Å²) >= 11 is 0. The third-order valence-electron chi connectivity index (χ3n) is 2.12. The first-order valence-electron chi connectivity index (χ1n) is 4.26. The van der Waals surface area contributed by atoms with Crippen LogP contribution in [0.4, 0.5) is 0 Å². The molecule has 0 fully saturated rings. The predicted molar refractivity (Wildman–Crippen MR) is 54.7 cm³/mol. The molecule has 0 bridgehead atoms. The molecule has 0 atom stereocenters. The van der Waals surface area contributed by atoms with Gasteiger partial charge in [-0.1, -0.05) is 30.3 Å². The minimum absolute atomic E-state index is 0.407. The molecule has 0 N–H and O–H groups in total. The van der Waals surface area contributed by atoms with Crippen molar-refractivity contribution in [3.05, 3.63) is 55.1 Å². The Morgan fingerprint density at radius 3 is 2.50 bits per heavy atom. The molecule has 0 aliphatic heterocycles. The number of hydrogen-bond acceptors (Lipinski definition) is 2. The summed E-state index contributed by atoms with van der Waals surface area (Å²) < 4.78 is 4.40. The second kappa shape index (κ2) is 3.50. The molecule has 0 aromatic heterocycles. The fraction of sp³-hybridized carbons (Fsp3) is 0. The van der Waals surface area contributed by atoms with E-state index in [1.807, 2.05) is 30.3 Å². The lowest BCUT2D eigenvalue weighted by atomic mass is 10.1. The van der Waals surface area contributed by atoms with Crippen LogP contribution in [0.25, 0.3) is 10.8 Å². The van der Waals surface area contributed by atoms with E-state index in [1.165, 1.54) is 0 Å². The molecule has 2 heteroatoms. The number of esters is 1. The van der Waals surface area contributed by atoms with Crippen molar-refractivity contribution in [2.24, 2.45) is 0 Å². The van der Waals surface area contributed by atoms with Crippen molar-refractivity contribution in [1.82, 2.24) is 0 Å². The average Bonchev–Trinajstić information content (AvgIpc) is 2.27. The molecule has 0 aliphatic carbocycles. The maximum absolute atomic E-state index is 11.2. The molecule has 14 heavy (non-hydrogen) atoms. The van der Waals surface area contributed by atoms with Gasteiger partial charge in [-0.15, -0.1) is 0 Å². The van der Waals surface area contributed by atoms with E-state index in [9.17, 15) is 4.79 Å². The molecule has 0 unspecified atom stereocenters. The number of ether oxygens (including phenoxy) is 1. The van der Waals surface area contributed by atoms with E-state index in [2.05, 4.69) is 11.8 Å². The maximum atomic E-state index is 11.2. The first kappa shape index (κ1) is 8.75.